The lowest BCUT2D eigenvalue weighted by atomic mass is 9.93. The third-order valence-electron chi connectivity index (χ3n) is 6.96. The molecule has 0 N–H and O–H groups in total. The minimum absolute atomic E-state index is 0.131. The van der Waals surface area contributed by atoms with Crippen LogP contribution in [0.1, 0.15) is 69.3 Å². The molecule has 7 nitrogen and oxygen atoms in total. The largest absolute Gasteiger partial charge is 0.466 e. The van der Waals surface area contributed by atoms with Gasteiger partial charge in [-0.05, 0) is 76.6 Å². The molecule has 3 aromatic rings. The van der Waals surface area contributed by atoms with Crippen LogP contribution in [0, 0.1) is 40.5 Å². The lowest BCUT2D eigenvalue weighted by Gasteiger charge is -2.31. The van der Waals surface area contributed by atoms with Crippen LogP contribution in [0.2, 0.25) is 0 Å². The zero-order valence-electron chi connectivity index (χ0n) is 21.1. The second kappa shape index (κ2) is 9.57. The van der Waals surface area contributed by atoms with E-state index in [1.807, 2.05) is 13.8 Å². The molecule has 180 valence electrons. The highest BCUT2D eigenvalue weighted by atomic mass is 16.5. The fraction of sp³-hybridized carbons (Fsp3) is 0.481. The Morgan fingerprint density at radius 3 is 2.47 bits per heavy atom. The molecule has 34 heavy (non-hydrogen) atoms. The van der Waals surface area contributed by atoms with Crippen molar-refractivity contribution < 1.29 is 14.3 Å². The Bertz CT molecular complexity index is 1240. The maximum absolute atomic E-state index is 13.4. The number of fused-ring (bicyclic) bond motifs is 1. The number of likely N-dealkylation sites (tertiary alicyclic amines) is 1. The number of nitrogens with zero attached hydrogens (tertiary/aromatic N) is 4. The zero-order valence-corrected chi connectivity index (χ0v) is 21.1. The molecule has 0 radical (unpaired) electrons. The second-order valence-corrected chi connectivity index (χ2v) is 9.45. The molecule has 0 aliphatic carbocycles. The number of ether oxygens (including phenoxy) is 1. The van der Waals surface area contributed by atoms with Crippen LogP contribution in [-0.4, -0.2) is 51.1 Å². The molecule has 7 heteroatoms. The summed E-state index contributed by atoms with van der Waals surface area (Å²) in [6.45, 7) is 13.6. The fourth-order valence-corrected chi connectivity index (χ4v) is 5.17. The van der Waals surface area contributed by atoms with Crippen molar-refractivity contribution in [3.05, 3.63) is 63.1 Å². The molecule has 3 heterocycles. The first-order valence-corrected chi connectivity index (χ1v) is 12.1. The highest BCUT2D eigenvalue weighted by molar-refractivity contribution is 6.00. The van der Waals surface area contributed by atoms with Gasteiger partial charge in [0.1, 0.15) is 5.56 Å². The van der Waals surface area contributed by atoms with Crippen molar-refractivity contribution in [1.82, 2.24) is 19.5 Å². The monoisotopic (exact) mass is 462 g/mol. The average molecular weight is 463 g/mol. The Kier molecular flexibility index (Phi) is 6.73. The molecule has 1 aromatic carbocycles. The van der Waals surface area contributed by atoms with Crippen LogP contribution >= 0.6 is 0 Å². The molecule has 0 saturated carbocycles. The van der Waals surface area contributed by atoms with Crippen LogP contribution < -0.4 is 0 Å². The van der Waals surface area contributed by atoms with Gasteiger partial charge in [-0.2, -0.15) is 5.10 Å². The van der Waals surface area contributed by atoms with E-state index in [-0.39, 0.29) is 17.8 Å². The van der Waals surface area contributed by atoms with Crippen LogP contribution in [0.3, 0.4) is 0 Å². The van der Waals surface area contributed by atoms with Crippen molar-refractivity contribution in [3.63, 3.8) is 0 Å². The Hall–Kier alpha value is -3.22. The van der Waals surface area contributed by atoms with E-state index in [4.69, 9.17) is 9.72 Å². The minimum Gasteiger partial charge on any atom is -0.466 e. The number of aromatic nitrogens is 3. The molecule has 4 rings (SSSR count). The summed E-state index contributed by atoms with van der Waals surface area (Å²) in [4.78, 5) is 32.2. The summed E-state index contributed by atoms with van der Waals surface area (Å²) in [5.74, 6) is -0.632. The van der Waals surface area contributed by atoms with Crippen LogP contribution in [-0.2, 0) is 16.0 Å². The Morgan fingerprint density at radius 1 is 1.09 bits per heavy atom. The van der Waals surface area contributed by atoms with E-state index < -0.39 is 0 Å². The maximum atomic E-state index is 13.4. The summed E-state index contributed by atoms with van der Waals surface area (Å²) >= 11 is 0. The van der Waals surface area contributed by atoms with Crippen molar-refractivity contribution in [1.29, 1.82) is 0 Å². The Labute approximate surface area is 201 Å². The smallest absolute Gasteiger partial charge is 0.310 e. The summed E-state index contributed by atoms with van der Waals surface area (Å²) in [5, 5.41) is 4.54. The van der Waals surface area contributed by atoms with Crippen LogP contribution in [0.25, 0.3) is 5.65 Å². The number of piperidine rings is 1. The normalized spacial score (nSPS) is 16.2. The summed E-state index contributed by atoms with van der Waals surface area (Å²) < 4.78 is 6.96. The van der Waals surface area contributed by atoms with Gasteiger partial charge in [-0.15, -0.1) is 0 Å². The first-order chi connectivity index (χ1) is 16.2. The lowest BCUT2D eigenvalue weighted by molar-refractivity contribution is -0.149. The van der Waals surface area contributed by atoms with Crippen LogP contribution in [0.5, 0.6) is 0 Å². The predicted molar refractivity (Wildman–Crippen MR) is 131 cm³/mol. The predicted octanol–water partition coefficient (Wildman–Crippen LogP) is 4.28. The van der Waals surface area contributed by atoms with E-state index >= 15 is 0 Å². The Morgan fingerprint density at radius 2 is 1.79 bits per heavy atom. The van der Waals surface area contributed by atoms with Gasteiger partial charge in [-0.3, -0.25) is 9.59 Å². The van der Waals surface area contributed by atoms with Crippen molar-refractivity contribution in [2.45, 2.75) is 60.8 Å². The van der Waals surface area contributed by atoms with Gasteiger partial charge in [0.25, 0.3) is 5.91 Å². The molecule has 0 bridgehead atoms. The van der Waals surface area contributed by atoms with E-state index in [1.165, 1.54) is 22.3 Å². The third kappa shape index (κ3) is 4.43. The maximum Gasteiger partial charge on any atom is 0.310 e. The third-order valence-corrected chi connectivity index (χ3v) is 6.96. The highest BCUT2D eigenvalue weighted by Gasteiger charge is 2.31. The first kappa shape index (κ1) is 23.9. The second-order valence-electron chi connectivity index (χ2n) is 9.45. The lowest BCUT2D eigenvalue weighted by Crippen LogP contribution is -2.42. The number of hydrogen-bond acceptors (Lipinski definition) is 5. The number of aryl methyl sites for hydroxylation is 5. The van der Waals surface area contributed by atoms with Crippen LogP contribution in [0.4, 0.5) is 0 Å². The van der Waals surface area contributed by atoms with Gasteiger partial charge in [0.05, 0.1) is 18.7 Å². The fourth-order valence-electron chi connectivity index (χ4n) is 5.17. The molecule has 1 aliphatic heterocycles. The Balaban J connectivity index is 1.65. The number of hydrogen-bond donors (Lipinski definition) is 0. The summed E-state index contributed by atoms with van der Waals surface area (Å²) in [6, 6.07) is 4.43. The molecule has 1 amide bonds. The quantitative estimate of drug-likeness (QED) is 0.529. The molecular formula is C27H34N4O3. The van der Waals surface area contributed by atoms with E-state index in [0.29, 0.717) is 30.9 Å². The van der Waals surface area contributed by atoms with E-state index in [1.54, 1.807) is 22.5 Å². The van der Waals surface area contributed by atoms with E-state index in [9.17, 15) is 9.59 Å². The number of carbonyl (C=O) groups is 2. The molecule has 1 aliphatic rings. The number of benzene rings is 1. The molecule has 2 aromatic heterocycles. The molecule has 1 fully saturated rings. The van der Waals surface area contributed by atoms with Gasteiger partial charge in [-0.25, -0.2) is 9.50 Å². The van der Waals surface area contributed by atoms with Crippen molar-refractivity contribution in [2.24, 2.45) is 5.92 Å². The van der Waals surface area contributed by atoms with Gasteiger partial charge >= 0.3 is 5.97 Å². The summed E-state index contributed by atoms with van der Waals surface area (Å²) in [5.41, 5.74) is 9.18. The highest BCUT2D eigenvalue weighted by Crippen LogP contribution is 2.26. The van der Waals surface area contributed by atoms with Crippen molar-refractivity contribution >= 4 is 17.5 Å². The standard InChI is InChI=1S/C27H34N4O3/c1-7-34-27(33)21-9-8-10-30(15-21)26(32)24-14-28-31-20(6)23(19(5)29-25(24)31)13-22-17(3)11-16(2)12-18(22)4/h11-12,14,21H,7-10,13,15H2,1-6H3. The zero-order chi connectivity index (χ0) is 24.6. The number of esters is 1. The van der Waals surface area contributed by atoms with Gasteiger partial charge in [0.15, 0.2) is 5.65 Å². The molecule has 0 spiro atoms. The van der Waals surface area contributed by atoms with Gasteiger partial charge in [0, 0.05) is 30.9 Å². The molecule has 1 unspecified atom stereocenters. The van der Waals surface area contributed by atoms with Gasteiger partial charge in [0.2, 0.25) is 0 Å². The van der Waals surface area contributed by atoms with Crippen molar-refractivity contribution in [2.75, 3.05) is 19.7 Å². The first-order valence-electron chi connectivity index (χ1n) is 12.1. The molecular weight excluding hydrogens is 428 g/mol. The van der Waals surface area contributed by atoms with Crippen LogP contribution in [0.15, 0.2) is 18.3 Å². The minimum atomic E-state index is -0.275. The average Bonchev–Trinajstić information content (AvgIpc) is 3.21. The van der Waals surface area contributed by atoms with E-state index in [2.05, 4.69) is 38.0 Å². The number of amides is 1. The SMILES string of the molecule is CCOC(=O)C1CCCN(C(=O)c2cnn3c(C)c(Cc4c(C)cc(C)cc4C)c(C)nc23)C1. The summed E-state index contributed by atoms with van der Waals surface area (Å²) in [7, 11) is 0. The topological polar surface area (TPSA) is 76.8 Å². The molecule has 1 atom stereocenters. The van der Waals surface area contributed by atoms with Gasteiger partial charge < -0.3 is 9.64 Å². The summed E-state index contributed by atoms with van der Waals surface area (Å²) in [6.07, 6.45) is 3.90. The van der Waals surface area contributed by atoms with E-state index in [0.717, 1.165) is 36.2 Å². The van der Waals surface area contributed by atoms with Crippen molar-refractivity contribution in [3.8, 4) is 0 Å². The number of carbonyl (C=O) groups excluding carboxylic acids is 2. The number of rotatable bonds is 5. The van der Waals surface area contributed by atoms with Gasteiger partial charge in [-0.1, -0.05) is 17.7 Å². The molecule has 1 saturated heterocycles.